The molecule has 0 unspecified atom stereocenters. The molecule has 1 aromatic carbocycles. The van der Waals surface area contributed by atoms with Gasteiger partial charge in [-0.1, -0.05) is 12.1 Å². The van der Waals surface area contributed by atoms with Crippen molar-refractivity contribution >= 4 is 22.6 Å². The van der Waals surface area contributed by atoms with Crippen molar-refractivity contribution < 1.29 is 9.53 Å². The summed E-state index contributed by atoms with van der Waals surface area (Å²) in [5, 5.41) is 1.12. The number of likely N-dealkylation sites (tertiary alicyclic amines) is 1. The number of carbonyl (C=O) groups excluding carboxylic acids is 1. The molecule has 2 aliphatic heterocycles. The lowest BCUT2D eigenvalue weighted by Crippen LogP contribution is -2.48. The molecule has 0 aliphatic carbocycles. The van der Waals surface area contributed by atoms with Crippen LogP contribution in [0.2, 0.25) is 0 Å². The Labute approximate surface area is 201 Å². The molecule has 1 atom stereocenters. The summed E-state index contributed by atoms with van der Waals surface area (Å²) in [5.74, 6) is -0.137. The second kappa shape index (κ2) is 9.76. The largest absolute Gasteiger partial charge is 0.468 e. The van der Waals surface area contributed by atoms with E-state index < -0.39 is 0 Å². The summed E-state index contributed by atoms with van der Waals surface area (Å²) in [6.07, 6.45) is 3.74. The lowest BCUT2D eigenvalue weighted by molar-refractivity contribution is -0.146. The monoisotopic (exact) mass is 461 g/mol. The van der Waals surface area contributed by atoms with Gasteiger partial charge in [-0.25, -0.2) is 0 Å². The Morgan fingerprint density at radius 2 is 1.88 bits per heavy atom. The topological polar surface area (TPSA) is 64.7 Å². The molecule has 34 heavy (non-hydrogen) atoms. The normalized spacial score (nSPS) is 19.9. The average molecular weight is 462 g/mol. The predicted octanol–water partition coefficient (Wildman–Crippen LogP) is 3.90. The molecule has 0 radical (unpaired) electrons. The summed E-state index contributed by atoms with van der Waals surface area (Å²) in [7, 11) is 1.47. The third-order valence-corrected chi connectivity index (χ3v) is 7.36. The summed E-state index contributed by atoms with van der Waals surface area (Å²) in [5.41, 5.74) is 5.55. The Hall–Kier alpha value is -2.90. The van der Waals surface area contributed by atoms with Gasteiger partial charge in [0, 0.05) is 72.8 Å². The first-order valence-corrected chi connectivity index (χ1v) is 12.4. The number of nitrogens with one attached hydrogen (secondary N) is 1. The molecule has 2 saturated heterocycles. The van der Waals surface area contributed by atoms with Gasteiger partial charge in [-0.3, -0.25) is 19.6 Å². The molecule has 5 rings (SSSR count). The standard InChI is InChI=1S/C27H35N5O2/c1-19(2)30-13-15-31(16-14-30)22-8-6-20(7-9-22)26-23-17-21(29-24(23)10-11-28-26)18-32-12-4-5-25(32)27(33)34-3/h6-11,17,19,25,29H,4-5,12-16,18H2,1-3H3/t25-/m1/s1. The van der Waals surface area contributed by atoms with Crippen LogP contribution in [-0.4, -0.2) is 77.7 Å². The van der Waals surface area contributed by atoms with Crippen molar-refractivity contribution in [2.75, 3.05) is 44.7 Å². The van der Waals surface area contributed by atoms with Crippen molar-refractivity contribution in [1.29, 1.82) is 0 Å². The highest BCUT2D eigenvalue weighted by atomic mass is 16.5. The smallest absolute Gasteiger partial charge is 0.323 e. The van der Waals surface area contributed by atoms with Crippen LogP contribution in [0, 0.1) is 0 Å². The van der Waals surface area contributed by atoms with E-state index in [1.54, 1.807) is 0 Å². The molecule has 2 aromatic heterocycles. The van der Waals surface area contributed by atoms with Gasteiger partial charge in [0.2, 0.25) is 0 Å². The maximum Gasteiger partial charge on any atom is 0.323 e. The van der Waals surface area contributed by atoms with Crippen molar-refractivity contribution in [3.63, 3.8) is 0 Å². The molecule has 0 spiro atoms. The molecule has 7 heteroatoms. The van der Waals surface area contributed by atoms with Gasteiger partial charge in [-0.15, -0.1) is 0 Å². The van der Waals surface area contributed by atoms with Gasteiger partial charge in [-0.05, 0) is 57.5 Å². The van der Waals surface area contributed by atoms with Gasteiger partial charge in [-0.2, -0.15) is 0 Å². The molecule has 0 amide bonds. The van der Waals surface area contributed by atoms with Crippen molar-refractivity contribution in [3.05, 3.63) is 48.3 Å². The Bertz CT molecular complexity index is 1130. The van der Waals surface area contributed by atoms with E-state index in [2.05, 4.69) is 63.9 Å². The summed E-state index contributed by atoms with van der Waals surface area (Å²) in [6.45, 7) is 10.5. The fraction of sp³-hybridized carbons (Fsp3) is 0.481. The number of esters is 1. The highest BCUT2D eigenvalue weighted by Gasteiger charge is 2.31. The van der Waals surface area contributed by atoms with E-state index in [9.17, 15) is 4.79 Å². The van der Waals surface area contributed by atoms with Gasteiger partial charge in [0.05, 0.1) is 12.8 Å². The van der Waals surface area contributed by atoms with Crippen LogP contribution < -0.4 is 4.90 Å². The third-order valence-electron chi connectivity index (χ3n) is 7.36. The van der Waals surface area contributed by atoms with Crippen molar-refractivity contribution in [3.8, 4) is 11.3 Å². The van der Waals surface area contributed by atoms with Crippen molar-refractivity contribution in [2.45, 2.75) is 45.3 Å². The molecular weight excluding hydrogens is 426 g/mol. The minimum Gasteiger partial charge on any atom is -0.468 e. The second-order valence-corrected chi connectivity index (χ2v) is 9.73. The number of rotatable bonds is 6. The van der Waals surface area contributed by atoms with E-state index in [0.29, 0.717) is 12.6 Å². The number of carbonyl (C=O) groups is 1. The number of piperazine rings is 1. The predicted molar refractivity (Wildman–Crippen MR) is 136 cm³/mol. The number of benzene rings is 1. The Balaban J connectivity index is 1.33. The first kappa shape index (κ1) is 22.9. The van der Waals surface area contributed by atoms with Crippen LogP contribution in [0.15, 0.2) is 42.6 Å². The van der Waals surface area contributed by atoms with Gasteiger partial charge in [0.25, 0.3) is 0 Å². The summed E-state index contributed by atoms with van der Waals surface area (Å²) < 4.78 is 5.00. The summed E-state index contributed by atoms with van der Waals surface area (Å²) in [4.78, 5) is 27.6. The number of H-pyrrole nitrogens is 1. The molecule has 1 N–H and O–H groups in total. The van der Waals surface area contributed by atoms with E-state index in [1.807, 2.05) is 12.3 Å². The zero-order valence-corrected chi connectivity index (χ0v) is 20.5. The number of pyridine rings is 1. The molecule has 3 aromatic rings. The van der Waals surface area contributed by atoms with Crippen LogP contribution in [0.5, 0.6) is 0 Å². The van der Waals surface area contributed by atoms with Gasteiger partial charge in [0.15, 0.2) is 0 Å². The van der Waals surface area contributed by atoms with Crippen LogP contribution in [0.3, 0.4) is 0 Å². The fourth-order valence-electron chi connectivity index (χ4n) is 5.39. The number of anilines is 1. The molecule has 4 heterocycles. The second-order valence-electron chi connectivity index (χ2n) is 9.73. The first-order valence-electron chi connectivity index (χ1n) is 12.4. The van der Waals surface area contributed by atoms with Crippen LogP contribution in [-0.2, 0) is 16.1 Å². The summed E-state index contributed by atoms with van der Waals surface area (Å²) in [6, 6.07) is 13.5. The molecule has 180 valence electrons. The maximum absolute atomic E-state index is 12.1. The number of ether oxygens (including phenoxy) is 1. The van der Waals surface area contributed by atoms with E-state index in [4.69, 9.17) is 9.72 Å². The third kappa shape index (κ3) is 4.55. The fourth-order valence-corrected chi connectivity index (χ4v) is 5.39. The van der Waals surface area contributed by atoms with Crippen LogP contribution in [0.25, 0.3) is 22.2 Å². The van der Waals surface area contributed by atoms with Crippen molar-refractivity contribution in [1.82, 2.24) is 19.8 Å². The summed E-state index contributed by atoms with van der Waals surface area (Å²) >= 11 is 0. The van der Waals surface area contributed by atoms with E-state index in [0.717, 1.165) is 73.4 Å². The van der Waals surface area contributed by atoms with Crippen LogP contribution in [0.4, 0.5) is 5.69 Å². The number of hydrogen-bond acceptors (Lipinski definition) is 6. The minimum atomic E-state index is -0.149. The van der Waals surface area contributed by atoms with Crippen LogP contribution >= 0.6 is 0 Å². The zero-order chi connectivity index (χ0) is 23.7. The van der Waals surface area contributed by atoms with Gasteiger partial charge < -0.3 is 14.6 Å². The van der Waals surface area contributed by atoms with E-state index in [1.165, 1.54) is 12.8 Å². The number of hydrogen-bond donors (Lipinski definition) is 1. The zero-order valence-electron chi connectivity index (χ0n) is 20.5. The van der Waals surface area contributed by atoms with Gasteiger partial charge in [0.1, 0.15) is 6.04 Å². The van der Waals surface area contributed by atoms with Gasteiger partial charge >= 0.3 is 5.97 Å². The molecular formula is C27H35N5O2. The first-order chi connectivity index (χ1) is 16.5. The molecule has 2 fully saturated rings. The number of aromatic amines is 1. The lowest BCUT2D eigenvalue weighted by Gasteiger charge is -2.38. The number of aromatic nitrogens is 2. The Kier molecular flexibility index (Phi) is 6.57. The average Bonchev–Trinajstić information content (AvgIpc) is 3.50. The lowest BCUT2D eigenvalue weighted by atomic mass is 10.1. The van der Waals surface area contributed by atoms with Crippen LogP contribution in [0.1, 0.15) is 32.4 Å². The van der Waals surface area contributed by atoms with Crippen molar-refractivity contribution in [2.24, 2.45) is 0 Å². The van der Waals surface area contributed by atoms with E-state index in [-0.39, 0.29) is 12.0 Å². The Morgan fingerprint density at radius 1 is 1.12 bits per heavy atom. The molecule has 0 bridgehead atoms. The molecule has 0 saturated carbocycles. The number of methoxy groups -OCH3 is 1. The highest BCUT2D eigenvalue weighted by molar-refractivity contribution is 5.93. The minimum absolute atomic E-state index is 0.137. The number of nitrogens with zero attached hydrogens (tertiary/aromatic N) is 4. The number of fused-ring (bicyclic) bond motifs is 1. The maximum atomic E-state index is 12.1. The molecule has 7 nitrogen and oxygen atoms in total. The SMILES string of the molecule is COC(=O)[C@H]1CCCN1Cc1cc2c(-c3ccc(N4CCN(C(C)C)CC4)cc3)nccc2[nH]1. The molecule has 2 aliphatic rings. The quantitative estimate of drug-likeness (QED) is 0.562. The van der Waals surface area contributed by atoms with E-state index >= 15 is 0 Å². The Morgan fingerprint density at radius 3 is 2.59 bits per heavy atom. The highest BCUT2D eigenvalue weighted by Crippen LogP contribution is 2.30.